The second-order valence-electron chi connectivity index (χ2n) is 6.16. The van der Waals surface area contributed by atoms with Gasteiger partial charge in [-0.25, -0.2) is 10.4 Å². The first-order valence-corrected chi connectivity index (χ1v) is 8.96. The van der Waals surface area contributed by atoms with Gasteiger partial charge in [0.1, 0.15) is 6.04 Å². The number of hydrogen-bond acceptors (Lipinski definition) is 6. The maximum atomic E-state index is 13.2. The van der Waals surface area contributed by atoms with Crippen LogP contribution < -0.4 is 20.5 Å². The minimum absolute atomic E-state index is 0.183. The molecule has 1 amide bonds. The molecule has 0 radical (unpaired) electrons. The van der Waals surface area contributed by atoms with Gasteiger partial charge in [0, 0.05) is 17.8 Å². The van der Waals surface area contributed by atoms with E-state index in [0.717, 1.165) is 11.1 Å². The van der Waals surface area contributed by atoms with Gasteiger partial charge >= 0.3 is 6.18 Å². The number of nitrogens with one attached hydrogen (secondary N) is 2. The van der Waals surface area contributed by atoms with E-state index in [2.05, 4.69) is 10.7 Å². The van der Waals surface area contributed by atoms with Crippen molar-refractivity contribution in [2.24, 2.45) is 0 Å². The second-order valence-corrected chi connectivity index (χ2v) is 6.57. The Bertz CT molecular complexity index is 968. The third-order valence-corrected chi connectivity index (χ3v) is 4.38. The summed E-state index contributed by atoms with van der Waals surface area (Å²) in [6.45, 7) is -0.578. The fourth-order valence-electron chi connectivity index (χ4n) is 2.66. The molecule has 0 fully saturated rings. The van der Waals surface area contributed by atoms with Crippen LogP contribution in [0, 0.1) is 0 Å². The summed E-state index contributed by atoms with van der Waals surface area (Å²) < 4.78 is 49.8. The number of benzene rings is 2. The normalized spacial score (nSPS) is 16.2. The molecule has 7 nitrogen and oxygen atoms in total. The summed E-state index contributed by atoms with van der Waals surface area (Å²) in [5.41, 5.74) is 2.75. The predicted molar refractivity (Wildman–Crippen MR) is 104 cm³/mol. The van der Waals surface area contributed by atoms with E-state index in [1.54, 1.807) is 12.1 Å². The highest BCUT2D eigenvalue weighted by Gasteiger charge is 2.44. The third-order valence-electron chi connectivity index (χ3n) is 4.06. The molecule has 1 unspecified atom stereocenters. The van der Waals surface area contributed by atoms with Gasteiger partial charge in [-0.1, -0.05) is 23.7 Å². The van der Waals surface area contributed by atoms with Crippen molar-refractivity contribution in [3.63, 3.8) is 0 Å². The Kier molecular flexibility index (Phi) is 6.28. The van der Waals surface area contributed by atoms with Crippen LogP contribution in [0.3, 0.4) is 0 Å². The number of alkyl halides is 3. The van der Waals surface area contributed by atoms with Crippen LogP contribution in [0.15, 0.2) is 54.4 Å². The van der Waals surface area contributed by atoms with E-state index in [1.807, 2.05) is 0 Å². The fraction of sp³-hybridized carbons (Fsp3) is 0.211. The molecule has 1 atom stereocenters. The Labute approximate surface area is 174 Å². The van der Waals surface area contributed by atoms with Gasteiger partial charge in [0.05, 0.1) is 17.8 Å². The summed E-state index contributed by atoms with van der Waals surface area (Å²) in [7, 11) is 1.38. The Morgan fingerprint density at radius 2 is 2.03 bits per heavy atom. The first-order valence-electron chi connectivity index (χ1n) is 8.58. The highest BCUT2D eigenvalue weighted by atomic mass is 35.5. The Hall–Kier alpha value is -3.11. The van der Waals surface area contributed by atoms with Gasteiger partial charge in [0.15, 0.2) is 18.1 Å². The highest BCUT2D eigenvalue weighted by molar-refractivity contribution is 6.33. The van der Waals surface area contributed by atoms with E-state index in [9.17, 15) is 23.1 Å². The monoisotopic (exact) mass is 443 g/mol. The van der Waals surface area contributed by atoms with Crippen molar-refractivity contribution in [3.05, 3.63) is 59.4 Å². The molecule has 2 aromatic rings. The van der Waals surface area contributed by atoms with E-state index in [0.29, 0.717) is 0 Å². The van der Waals surface area contributed by atoms with Crippen molar-refractivity contribution in [3.8, 4) is 11.5 Å². The average Bonchev–Trinajstić information content (AvgIpc) is 3.11. The summed E-state index contributed by atoms with van der Waals surface area (Å²) in [5.74, 6) is -0.829. The van der Waals surface area contributed by atoms with Crippen LogP contribution in [-0.4, -0.2) is 36.9 Å². The number of para-hydroxylation sites is 1. The van der Waals surface area contributed by atoms with Gasteiger partial charge < -0.3 is 19.9 Å². The Morgan fingerprint density at radius 1 is 1.30 bits per heavy atom. The molecule has 0 aliphatic carbocycles. The molecule has 0 saturated heterocycles. The number of hydrogen-bond donors (Lipinski definition) is 3. The summed E-state index contributed by atoms with van der Waals surface area (Å²) in [6.07, 6.45) is -3.76. The molecule has 3 N–H and O–H groups in total. The topological polar surface area (TPSA) is 83.1 Å². The minimum Gasteiger partial charge on any atom is -0.504 e. The third kappa shape index (κ3) is 4.89. The summed E-state index contributed by atoms with van der Waals surface area (Å²) in [5, 5.41) is 13.4. The summed E-state index contributed by atoms with van der Waals surface area (Å²) >= 11 is 6.08. The summed E-state index contributed by atoms with van der Waals surface area (Å²) in [4.78, 5) is 12.2. The van der Waals surface area contributed by atoms with E-state index >= 15 is 0 Å². The number of aromatic hydroxyl groups is 1. The lowest BCUT2D eigenvalue weighted by Crippen LogP contribution is -2.45. The molecule has 3 rings (SSSR count). The van der Waals surface area contributed by atoms with Gasteiger partial charge in [-0.15, -0.1) is 0 Å². The maximum absolute atomic E-state index is 13.2. The van der Waals surface area contributed by atoms with Crippen molar-refractivity contribution in [2.75, 3.05) is 24.0 Å². The standard InChI is InChI=1S/C19H17ClF3N3O4/c1-29-15-7-6-11(8-14(15)27)24-17(28)10-30-18-9-16(19(21,22)23)25-26(18)13-5-3-2-4-12(13)20/h2-9,16,25,27H,10H2,1H3,(H,24,28). The molecule has 1 aliphatic heterocycles. The molecule has 1 aliphatic rings. The lowest BCUT2D eigenvalue weighted by atomic mass is 10.2. The van der Waals surface area contributed by atoms with Crippen LogP contribution in [-0.2, 0) is 9.53 Å². The van der Waals surface area contributed by atoms with Gasteiger partial charge in [-0.3, -0.25) is 4.79 Å². The average molecular weight is 444 g/mol. The minimum atomic E-state index is -4.58. The number of carbonyl (C=O) groups is 1. The number of phenols is 1. The van der Waals surface area contributed by atoms with Gasteiger partial charge in [0.2, 0.25) is 5.88 Å². The number of phenolic OH excluding ortho intramolecular Hbond substituents is 1. The highest BCUT2D eigenvalue weighted by Crippen LogP contribution is 2.34. The van der Waals surface area contributed by atoms with Crippen molar-refractivity contribution in [1.29, 1.82) is 0 Å². The smallest absolute Gasteiger partial charge is 0.409 e. The molecule has 0 saturated carbocycles. The van der Waals surface area contributed by atoms with Gasteiger partial charge in [-0.2, -0.15) is 13.2 Å². The number of amides is 1. The van der Waals surface area contributed by atoms with E-state index in [1.165, 1.54) is 37.4 Å². The number of rotatable bonds is 6. The SMILES string of the molecule is COc1ccc(NC(=O)COC2=CC(C(F)(F)F)NN2c2ccccc2Cl)cc1O. The number of anilines is 2. The van der Waals surface area contributed by atoms with Crippen molar-refractivity contribution >= 4 is 28.9 Å². The van der Waals surface area contributed by atoms with Crippen LogP contribution in [0.2, 0.25) is 5.02 Å². The zero-order valence-corrected chi connectivity index (χ0v) is 16.3. The summed E-state index contributed by atoms with van der Waals surface area (Å²) in [6, 6.07) is 8.44. The first-order chi connectivity index (χ1) is 14.2. The van der Waals surface area contributed by atoms with Gasteiger partial charge in [-0.05, 0) is 24.3 Å². The molecule has 1 heterocycles. The fourth-order valence-corrected chi connectivity index (χ4v) is 2.88. The molecule has 0 spiro atoms. The lowest BCUT2D eigenvalue weighted by molar-refractivity contribution is -0.142. The molecule has 30 heavy (non-hydrogen) atoms. The van der Waals surface area contributed by atoms with Crippen LogP contribution in [0.5, 0.6) is 11.5 Å². The molecular formula is C19H17ClF3N3O4. The van der Waals surface area contributed by atoms with Crippen LogP contribution >= 0.6 is 11.6 Å². The van der Waals surface area contributed by atoms with E-state index < -0.39 is 24.7 Å². The first kappa shape index (κ1) is 21.6. The quantitative estimate of drug-likeness (QED) is 0.630. The zero-order valence-electron chi connectivity index (χ0n) is 15.5. The van der Waals surface area contributed by atoms with Crippen molar-refractivity contribution in [2.45, 2.75) is 12.2 Å². The largest absolute Gasteiger partial charge is 0.504 e. The molecule has 2 aromatic carbocycles. The molecule has 0 bridgehead atoms. The van der Waals surface area contributed by atoms with Crippen molar-refractivity contribution in [1.82, 2.24) is 5.43 Å². The Morgan fingerprint density at radius 3 is 2.67 bits per heavy atom. The Balaban J connectivity index is 1.71. The second kappa shape index (κ2) is 8.72. The molecule has 11 heteroatoms. The molecule has 0 aromatic heterocycles. The number of hydrazine groups is 1. The number of ether oxygens (including phenoxy) is 2. The van der Waals surface area contributed by atoms with Crippen LogP contribution in [0.4, 0.5) is 24.5 Å². The zero-order chi connectivity index (χ0) is 21.9. The number of carbonyl (C=O) groups excluding carboxylic acids is 1. The number of nitrogens with zero attached hydrogens (tertiary/aromatic N) is 1. The van der Waals surface area contributed by atoms with Gasteiger partial charge in [0.25, 0.3) is 5.91 Å². The van der Waals surface area contributed by atoms with Crippen LogP contribution in [0.25, 0.3) is 0 Å². The lowest BCUT2D eigenvalue weighted by Gasteiger charge is -2.25. The van der Waals surface area contributed by atoms with E-state index in [-0.39, 0.29) is 33.8 Å². The number of methoxy groups -OCH3 is 1. The van der Waals surface area contributed by atoms with E-state index in [4.69, 9.17) is 21.1 Å². The molecule has 160 valence electrons. The van der Waals surface area contributed by atoms with Crippen LogP contribution in [0.1, 0.15) is 0 Å². The predicted octanol–water partition coefficient (Wildman–Crippen LogP) is 3.81. The molecular weight excluding hydrogens is 427 g/mol. The number of halogens is 4. The van der Waals surface area contributed by atoms with Crippen molar-refractivity contribution < 1.29 is 32.5 Å². The maximum Gasteiger partial charge on any atom is 0.409 e.